The van der Waals surface area contributed by atoms with Gasteiger partial charge in [0.1, 0.15) is 6.10 Å². The summed E-state index contributed by atoms with van der Waals surface area (Å²) in [4.78, 5) is 0.879. The molecule has 1 unspecified atom stereocenters. The maximum absolute atomic E-state index is 10.5. The molecule has 0 saturated carbocycles. The topological polar surface area (TPSA) is 44.0 Å². The summed E-state index contributed by atoms with van der Waals surface area (Å²) in [5.74, 6) is 0. The van der Waals surface area contributed by atoms with Crippen LogP contribution in [0.25, 0.3) is 0 Å². The van der Waals surface area contributed by atoms with Crippen LogP contribution in [-0.2, 0) is 12.8 Å². The Balaban J connectivity index is 1.98. The van der Waals surface area contributed by atoms with E-state index in [0.717, 1.165) is 4.88 Å². The number of nitriles is 1. The second-order valence-corrected chi connectivity index (χ2v) is 5.79. The van der Waals surface area contributed by atoms with Crippen LogP contribution in [0.2, 0.25) is 0 Å². The van der Waals surface area contributed by atoms with E-state index in [2.05, 4.69) is 18.2 Å². The van der Waals surface area contributed by atoms with E-state index in [1.165, 1.54) is 22.5 Å². The standard InChI is InChI=1S/C15H13NOS/c16-10-15(14(17)13-6-3-7-18-13)8-11-4-1-2-5-12(11)9-15/h1-7,14,17H,8-9H2. The van der Waals surface area contributed by atoms with Crippen LogP contribution >= 0.6 is 11.3 Å². The van der Waals surface area contributed by atoms with Crippen LogP contribution in [0.4, 0.5) is 0 Å². The molecule has 0 bridgehead atoms. The maximum atomic E-state index is 10.5. The molecule has 18 heavy (non-hydrogen) atoms. The second-order valence-electron chi connectivity index (χ2n) is 4.81. The Morgan fingerprint density at radius 2 is 1.83 bits per heavy atom. The average Bonchev–Trinajstić information content (AvgIpc) is 3.05. The van der Waals surface area contributed by atoms with Gasteiger partial charge in [-0.3, -0.25) is 0 Å². The minimum absolute atomic E-state index is 0.638. The molecule has 1 aromatic carbocycles. The Kier molecular flexibility index (Phi) is 2.70. The summed E-state index contributed by atoms with van der Waals surface area (Å²) >= 11 is 1.51. The third-order valence-electron chi connectivity index (χ3n) is 3.69. The van der Waals surface area contributed by atoms with Crippen molar-refractivity contribution in [3.63, 3.8) is 0 Å². The molecule has 2 nitrogen and oxygen atoms in total. The van der Waals surface area contributed by atoms with E-state index in [1.807, 2.05) is 29.6 Å². The molecular weight excluding hydrogens is 242 g/mol. The van der Waals surface area contributed by atoms with E-state index in [0.29, 0.717) is 12.8 Å². The Bertz CT molecular complexity index is 572. The molecule has 0 amide bonds. The second kappa shape index (κ2) is 4.24. The van der Waals surface area contributed by atoms with Crippen molar-refractivity contribution in [2.45, 2.75) is 18.9 Å². The Morgan fingerprint density at radius 3 is 2.33 bits per heavy atom. The lowest BCUT2D eigenvalue weighted by Gasteiger charge is -2.26. The molecule has 1 aromatic heterocycles. The minimum Gasteiger partial charge on any atom is -0.386 e. The van der Waals surface area contributed by atoms with E-state index in [1.54, 1.807) is 0 Å². The van der Waals surface area contributed by atoms with Gasteiger partial charge in [0.25, 0.3) is 0 Å². The van der Waals surface area contributed by atoms with Crippen LogP contribution in [-0.4, -0.2) is 5.11 Å². The van der Waals surface area contributed by atoms with Gasteiger partial charge in [0, 0.05) is 4.88 Å². The Morgan fingerprint density at radius 1 is 1.17 bits per heavy atom. The molecule has 90 valence electrons. The van der Waals surface area contributed by atoms with Crippen LogP contribution in [0.3, 0.4) is 0 Å². The van der Waals surface area contributed by atoms with Crippen molar-refractivity contribution >= 4 is 11.3 Å². The number of hydrogen-bond donors (Lipinski definition) is 1. The Hall–Kier alpha value is -1.63. The lowest BCUT2D eigenvalue weighted by Crippen LogP contribution is -2.27. The van der Waals surface area contributed by atoms with Gasteiger partial charge >= 0.3 is 0 Å². The molecule has 3 heteroatoms. The monoisotopic (exact) mass is 255 g/mol. The first-order valence-corrected chi connectivity index (χ1v) is 6.83. The SMILES string of the molecule is N#CC1(C(O)c2cccs2)Cc2ccccc2C1. The molecule has 0 radical (unpaired) electrons. The summed E-state index contributed by atoms with van der Waals surface area (Å²) in [6.45, 7) is 0. The number of rotatable bonds is 2. The third kappa shape index (κ3) is 1.66. The molecule has 0 aliphatic heterocycles. The predicted molar refractivity (Wildman–Crippen MR) is 71.2 cm³/mol. The highest BCUT2D eigenvalue weighted by atomic mass is 32.1. The third-order valence-corrected chi connectivity index (χ3v) is 4.61. The molecular formula is C15H13NOS. The first-order chi connectivity index (χ1) is 8.75. The number of aliphatic hydroxyl groups excluding tert-OH is 1. The van der Waals surface area contributed by atoms with E-state index >= 15 is 0 Å². The molecule has 1 N–H and O–H groups in total. The fourth-order valence-corrected chi connectivity index (χ4v) is 3.52. The molecule has 1 aliphatic carbocycles. The van der Waals surface area contributed by atoms with Crippen molar-refractivity contribution in [2.24, 2.45) is 5.41 Å². The number of benzene rings is 1. The van der Waals surface area contributed by atoms with Crippen LogP contribution in [0.5, 0.6) is 0 Å². The summed E-state index contributed by atoms with van der Waals surface area (Å²) in [5.41, 5.74) is 1.68. The average molecular weight is 255 g/mol. The fourth-order valence-electron chi connectivity index (χ4n) is 2.70. The molecule has 3 rings (SSSR count). The molecule has 1 heterocycles. The van der Waals surface area contributed by atoms with E-state index < -0.39 is 11.5 Å². The largest absolute Gasteiger partial charge is 0.386 e. The van der Waals surface area contributed by atoms with Gasteiger partial charge in [-0.2, -0.15) is 5.26 Å². The van der Waals surface area contributed by atoms with Crippen molar-refractivity contribution in [1.29, 1.82) is 5.26 Å². The molecule has 1 aliphatic rings. The van der Waals surface area contributed by atoms with E-state index in [-0.39, 0.29) is 0 Å². The summed E-state index contributed by atoms with van der Waals surface area (Å²) in [7, 11) is 0. The molecule has 0 saturated heterocycles. The van der Waals surface area contributed by atoms with Crippen molar-refractivity contribution in [2.75, 3.05) is 0 Å². The zero-order chi connectivity index (χ0) is 12.6. The van der Waals surface area contributed by atoms with Crippen LogP contribution in [0.1, 0.15) is 22.1 Å². The van der Waals surface area contributed by atoms with Gasteiger partial charge in [-0.25, -0.2) is 0 Å². The summed E-state index contributed by atoms with van der Waals surface area (Å²) < 4.78 is 0. The summed E-state index contributed by atoms with van der Waals surface area (Å²) in [5, 5.41) is 22.0. The van der Waals surface area contributed by atoms with Crippen molar-refractivity contribution < 1.29 is 5.11 Å². The highest BCUT2D eigenvalue weighted by Crippen LogP contribution is 2.46. The van der Waals surface area contributed by atoms with E-state index in [4.69, 9.17) is 0 Å². The van der Waals surface area contributed by atoms with Gasteiger partial charge in [0.05, 0.1) is 11.5 Å². The number of nitrogens with zero attached hydrogens (tertiary/aromatic N) is 1. The minimum atomic E-state index is -0.700. The lowest BCUT2D eigenvalue weighted by atomic mass is 9.80. The van der Waals surface area contributed by atoms with Crippen molar-refractivity contribution in [3.8, 4) is 6.07 Å². The van der Waals surface area contributed by atoms with Crippen LogP contribution < -0.4 is 0 Å². The molecule has 0 spiro atoms. The van der Waals surface area contributed by atoms with Gasteiger partial charge in [-0.1, -0.05) is 30.3 Å². The van der Waals surface area contributed by atoms with Gasteiger partial charge in [-0.05, 0) is 35.4 Å². The Labute approximate surface area is 110 Å². The number of hydrogen-bond acceptors (Lipinski definition) is 3. The lowest BCUT2D eigenvalue weighted by molar-refractivity contribution is 0.0725. The normalized spacial score (nSPS) is 18.0. The highest BCUT2D eigenvalue weighted by molar-refractivity contribution is 7.10. The summed E-state index contributed by atoms with van der Waals surface area (Å²) in [6.07, 6.45) is 0.576. The van der Waals surface area contributed by atoms with Crippen molar-refractivity contribution in [1.82, 2.24) is 0 Å². The van der Waals surface area contributed by atoms with Crippen LogP contribution in [0.15, 0.2) is 41.8 Å². The van der Waals surface area contributed by atoms with Crippen molar-refractivity contribution in [3.05, 3.63) is 57.8 Å². The number of fused-ring (bicyclic) bond motifs is 1. The predicted octanol–water partition coefficient (Wildman–Crippen LogP) is 3.09. The smallest absolute Gasteiger partial charge is 0.107 e. The summed E-state index contributed by atoms with van der Waals surface area (Å²) in [6, 6.07) is 14.3. The van der Waals surface area contributed by atoms with Gasteiger partial charge in [0.15, 0.2) is 0 Å². The zero-order valence-electron chi connectivity index (χ0n) is 9.84. The van der Waals surface area contributed by atoms with Gasteiger partial charge in [-0.15, -0.1) is 11.3 Å². The highest BCUT2D eigenvalue weighted by Gasteiger charge is 2.44. The van der Waals surface area contributed by atoms with Gasteiger partial charge < -0.3 is 5.11 Å². The number of aliphatic hydroxyl groups is 1. The number of thiophene rings is 1. The maximum Gasteiger partial charge on any atom is 0.107 e. The van der Waals surface area contributed by atoms with E-state index in [9.17, 15) is 10.4 Å². The first-order valence-electron chi connectivity index (χ1n) is 5.95. The first kappa shape index (κ1) is 11.5. The van der Waals surface area contributed by atoms with Crippen LogP contribution in [0, 0.1) is 16.7 Å². The molecule has 2 aromatic rings. The van der Waals surface area contributed by atoms with Gasteiger partial charge in [0.2, 0.25) is 0 Å². The fraction of sp³-hybridized carbons (Fsp3) is 0.267. The zero-order valence-corrected chi connectivity index (χ0v) is 10.7. The molecule has 1 atom stereocenters. The quantitative estimate of drug-likeness (QED) is 0.896. The molecule has 0 fully saturated rings.